The summed E-state index contributed by atoms with van der Waals surface area (Å²) in [5, 5.41) is 8.62. The Kier molecular flexibility index (Phi) is 5.57. The van der Waals surface area contributed by atoms with Crippen molar-refractivity contribution in [2.75, 3.05) is 19.6 Å². The van der Waals surface area contributed by atoms with Crippen molar-refractivity contribution < 1.29 is 9.90 Å². The summed E-state index contributed by atoms with van der Waals surface area (Å²) < 4.78 is 0. The number of rotatable bonds is 7. The van der Waals surface area contributed by atoms with Crippen LogP contribution in [0.25, 0.3) is 0 Å². The molecule has 0 heterocycles. The number of hydrogen-bond donors (Lipinski definition) is 1. The van der Waals surface area contributed by atoms with E-state index in [1.165, 1.54) is 5.56 Å². The van der Waals surface area contributed by atoms with Crippen molar-refractivity contribution in [3.8, 4) is 0 Å². The van der Waals surface area contributed by atoms with Gasteiger partial charge in [-0.25, -0.2) is 0 Å². The van der Waals surface area contributed by atoms with Crippen LogP contribution >= 0.6 is 0 Å². The van der Waals surface area contributed by atoms with Crippen molar-refractivity contribution in [3.63, 3.8) is 0 Å². The average Bonchev–Trinajstić information content (AvgIpc) is 2.30. The summed E-state index contributed by atoms with van der Waals surface area (Å²) >= 11 is 0. The third-order valence-electron chi connectivity index (χ3n) is 2.65. The van der Waals surface area contributed by atoms with Crippen LogP contribution in [0.15, 0.2) is 30.3 Å². The molecular formula is C13H19NO2. The molecule has 16 heavy (non-hydrogen) atoms. The van der Waals surface area contributed by atoms with Crippen LogP contribution in [0.5, 0.6) is 0 Å². The molecule has 0 unspecified atom stereocenters. The minimum absolute atomic E-state index is 0.225. The first-order chi connectivity index (χ1) is 7.72. The maximum Gasteiger partial charge on any atom is 0.304 e. The molecular weight excluding hydrogens is 202 g/mol. The molecule has 1 rings (SSSR count). The van der Waals surface area contributed by atoms with Crippen molar-refractivity contribution in [1.82, 2.24) is 4.90 Å². The molecule has 0 saturated carbocycles. The van der Waals surface area contributed by atoms with E-state index in [9.17, 15) is 4.79 Å². The van der Waals surface area contributed by atoms with Crippen LogP contribution in [0, 0.1) is 0 Å². The minimum atomic E-state index is -0.724. The van der Waals surface area contributed by atoms with Crippen molar-refractivity contribution in [1.29, 1.82) is 0 Å². The standard InChI is InChI=1S/C13H19NO2/c1-2-14(11-9-13(15)16)10-8-12-6-4-3-5-7-12/h3-7H,2,8-11H2,1H3,(H,15,16). The van der Waals surface area contributed by atoms with Gasteiger partial charge in [0.05, 0.1) is 6.42 Å². The smallest absolute Gasteiger partial charge is 0.304 e. The van der Waals surface area contributed by atoms with Crippen LogP contribution in [-0.4, -0.2) is 35.6 Å². The van der Waals surface area contributed by atoms with Gasteiger partial charge in [0.1, 0.15) is 0 Å². The predicted octanol–water partition coefficient (Wildman–Crippen LogP) is 2.03. The molecule has 1 aromatic rings. The molecule has 88 valence electrons. The minimum Gasteiger partial charge on any atom is -0.481 e. The van der Waals surface area contributed by atoms with E-state index in [2.05, 4.69) is 24.0 Å². The summed E-state index contributed by atoms with van der Waals surface area (Å²) in [5.74, 6) is -0.724. The van der Waals surface area contributed by atoms with Gasteiger partial charge in [-0.2, -0.15) is 0 Å². The van der Waals surface area contributed by atoms with Crippen LogP contribution in [-0.2, 0) is 11.2 Å². The zero-order chi connectivity index (χ0) is 11.8. The summed E-state index contributed by atoms with van der Waals surface area (Å²) in [6.07, 6.45) is 1.21. The number of carbonyl (C=O) groups is 1. The van der Waals surface area contributed by atoms with Gasteiger partial charge < -0.3 is 10.0 Å². The number of hydrogen-bond acceptors (Lipinski definition) is 2. The fourth-order valence-corrected chi connectivity index (χ4v) is 1.61. The Hall–Kier alpha value is -1.35. The second-order valence-electron chi connectivity index (χ2n) is 3.81. The normalized spacial score (nSPS) is 10.6. The zero-order valence-electron chi connectivity index (χ0n) is 9.72. The van der Waals surface area contributed by atoms with E-state index < -0.39 is 5.97 Å². The highest BCUT2D eigenvalue weighted by Crippen LogP contribution is 2.01. The Morgan fingerprint density at radius 2 is 1.94 bits per heavy atom. The summed E-state index contributed by atoms with van der Waals surface area (Å²) in [4.78, 5) is 12.6. The molecule has 0 atom stereocenters. The van der Waals surface area contributed by atoms with Gasteiger partial charge in [-0.1, -0.05) is 37.3 Å². The molecule has 0 aliphatic heterocycles. The Balaban J connectivity index is 2.31. The molecule has 0 aromatic heterocycles. The quantitative estimate of drug-likeness (QED) is 0.766. The molecule has 0 saturated heterocycles. The third kappa shape index (κ3) is 4.94. The Bertz CT molecular complexity index is 311. The van der Waals surface area contributed by atoms with Crippen LogP contribution in [0.2, 0.25) is 0 Å². The monoisotopic (exact) mass is 221 g/mol. The fraction of sp³-hybridized carbons (Fsp3) is 0.462. The predicted molar refractivity (Wildman–Crippen MR) is 64.5 cm³/mol. The number of carboxylic acid groups (broad SMARTS) is 1. The van der Waals surface area contributed by atoms with Gasteiger partial charge in [0, 0.05) is 13.1 Å². The van der Waals surface area contributed by atoms with Gasteiger partial charge >= 0.3 is 5.97 Å². The Morgan fingerprint density at radius 3 is 2.50 bits per heavy atom. The fourth-order valence-electron chi connectivity index (χ4n) is 1.61. The van der Waals surface area contributed by atoms with Crippen molar-refractivity contribution in [3.05, 3.63) is 35.9 Å². The van der Waals surface area contributed by atoms with Crippen molar-refractivity contribution in [2.24, 2.45) is 0 Å². The van der Waals surface area contributed by atoms with Crippen molar-refractivity contribution >= 4 is 5.97 Å². The Morgan fingerprint density at radius 1 is 1.25 bits per heavy atom. The van der Waals surface area contributed by atoms with E-state index >= 15 is 0 Å². The maximum absolute atomic E-state index is 10.5. The molecule has 0 aliphatic rings. The number of carboxylic acids is 1. The summed E-state index contributed by atoms with van der Waals surface area (Å²) in [6.45, 7) is 4.53. The Labute approximate surface area is 96.7 Å². The number of nitrogens with zero attached hydrogens (tertiary/aromatic N) is 1. The lowest BCUT2D eigenvalue weighted by Crippen LogP contribution is -2.28. The maximum atomic E-state index is 10.5. The van der Waals surface area contributed by atoms with E-state index in [0.29, 0.717) is 6.54 Å². The molecule has 0 bridgehead atoms. The first-order valence-corrected chi connectivity index (χ1v) is 5.70. The van der Waals surface area contributed by atoms with Gasteiger partial charge in [-0.15, -0.1) is 0 Å². The molecule has 0 fully saturated rings. The highest BCUT2D eigenvalue weighted by atomic mass is 16.4. The van der Waals surface area contributed by atoms with E-state index in [1.54, 1.807) is 0 Å². The molecule has 0 aliphatic carbocycles. The van der Waals surface area contributed by atoms with Crippen LogP contribution in [0.3, 0.4) is 0 Å². The van der Waals surface area contributed by atoms with E-state index in [1.807, 2.05) is 18.2 Å². The van der Waals surface area contributed by atoms with Crippen molar-refractivity contribution in [2.45, 2.75) is 19.8 Å². The molecule has 0 radical (unpaired) electrons. The molecule has 0 amide bonds. The number of likely N-dealkylation sites (N-methyl/N-ethyl adjacent to an activating group) is 1. The first-order valence-electron chi connectivity index (χ1n) is 5.70. The SMILES string of the molecule is CCN(CCC(=O)O)CCc1ccccc1. The van der Waals surface area contributed by atoms with E-state index in [-0.39, 0.29) is 6.42 Å². The van der Waals surface area contributed by atoms with Crippen LogP contribution in [0.4, 0.5) is 0 Å². The first kappa shape index (κ1) is 12.7. The lowest BCUT2D eigenvalue weighted by molar-refractivity contribution is -0.137. The summed E-state index contributed by atoms with van der Waals surface area (Å²) in [5.41, 5.74) is 1.30. The highest BCUT2D eigenvalue weighted by Gasteiger charge is 2.05. The van der Waals surface area contributed by atoms with Gasteiger partial charge in [0.2, 0.25) is 0 Å². The molecule has 1 aromatic carbocycles. The number of aliphatic carboxylic acids is 1. The number of benzene rings is 1. The van der Waals surface area contributed by atoms with Crippen LogP contribution in [0.1, 0.15) is 18.9 Å². The largest absolute Gasteiger partial charge is 0.481 e. The van der Waals surface area contributed by atoms with Gasteiger partial charge in [-0.05, 0) is 18.5 Å². The molecule has 0 spiro atoms. The third-order valence-corrected chi connectivity index (χ3v) is 2.65. The molecule has 1 N–H and O–H groups in total. The lowest BCUT2D eigenvalue weighted by Gasteiger charge is -2.19. The van der Waals surface area contributed by atoms with Gasteiger partial charge in [0.15, 0.2) is 0 Å². The van der Waals surface area contributed by atoms with Gasteiger partial charge in [0.25, 0.3) is 0 Å². The average molecular weight is 221 g/mol. The second-order valence-corrected chi connectivity index (χ2v) is 3.81. The lowest BCUT2D eigenvalue weighted by atomic mass is 10.1. The highest BCUT2D eigenvalue weighted by molar-refractivity contribution is 5.66. The second kappa shape index (κ2) is 7.01. The molecule has 3 heteroatoms. The topological polar surface area (TPSA) is 40.5 Å². The summed E-state index contributed by atoms with van der Waals surface area (Å²) in [7, 11) is 0. The van der Waals surface area contributed by atoms with Crippen LogP contribution < -0.4 is 0 Å². The van der Waals surface area contributed by atoms with Gasteiger partial charge in [-0.3, -0.25) is 4.79 Å². The summed E-state index contributed by atoms with van der Waals surface area (Å²) in [6, 6.07) is 10.3. The molecule has 3 nitrogen and oxygen atoms in total. The zero-order valence-corrected chi connectivity index (χ0v) is 9.72. The van der Waals surface area contributed by atoms with E-state index in [4.69, 9.17) is 5.11 Å². The van der Waals surface area contributed by atoms with E-state index in [0.717, 1.165) is 19.5 Å².